The second-order valence-corrected chi connectivity index (χ2v) is 7.40. The molecule has 1 saturated carbocycles. The van der Waals surface area contributed by atoms with Gasteiger partial charge in [0.25, 0.3) is 5.91 Å². The number of amides is 1. The number of primary amides is 1. The Hall–Kier alpha value is -2.85. The molecule has 8 nitrogen and oxygen atoms in total. The predicted octanol–water partition coefficient (Wildman–Crippen LogP) is 2.75. The van der Waals surface area contributed by atoms with Crippen LogP contribution in [0.25, 0.3) is 11.0 Å². The molecule has 0 saturated heterocycles. The van der Waals surface area contributed by atoms with Crippen LogP contribution in [0.5, 0.6) is 0 Å². The van der Waals surface area contributed by atoms with Crippen molar-refractivity contribution in [1.82, 2.24) is 13.7 Å². The topological polar surface area (TPSA) is 132 Å². The number of benzene rings is 1. The van der Waals surface area contributed by atoms with E-state index >= 15 is 0 Å². The first-order valence-corrected chi connectivity index (χ1v) is 9.76. The molecule has 1 fully saturated rings. The molecule has 6 N–H and O–H groups in total. The number of anilines is 3. The highest BCUT2D eigenvalue weighted by molar-refractivity contribution is 7.00. The normalized spacial score (nSPS) is 19.5. The summed E-state index contributed by atoms with van der Waals surface area (Å²) in [5.41, 5.74) is 13.7. The summed E-state index contributed by atoms with van der Waals surface area (Å²) in [4.78, 5) is 16.1. The van der Waals surface area contributed by atoms with Crippen LogP contribution in [0.3, 0.4) is 0 Å². The number of halogens is 1. The van der Waals surface area contributed by atoms with Gasteiger partial charge in [0, 0.05) is 17.8 Å². The number of hydrogen-bond acceptors (Lipinski definition) is 8. The lowest BCUT2D eigenvalue weighted by Gasteiger charge is -2.30. The van der Waals surface area contributed by atoms with Crippen molar-refractivity contribution >= 4 is 46.0 Å². The number of rotatable bonds is 5. The van der Waals surface area contributed by atoms with E-state index in [0.29, 0.717) is 11.2 Å². The first kappa shape index (κ1) is 18.5. The lowest BCUT2D eigenvalue weighted by atomic mass is 9.91. The maximum Gasteiger partial charge on any atom is 0.252 e. The third-order valence-corrected chi connectivity index (χ3v) is 5.46. The first-order valence-electron chi connectivity index (χ1n) is 9.03. The van der Waals surface area contributed by atoms with Gasteiger partial charge in [-0.3, -0.25) is 4.79 Å². The van der Waals surface area contributed by atoms with Crippen LogP contribution in [-0.2, 0) is 0 Å². The number of aromatic nitrogens is 3. The standard InChI is InChI=1S/C18H20FN7OS/c19-11-8-10(16(21)27)17(22-9-5-6-14-15(7-9)26-28-25-14)24-18(11)23-13-4-2-1-3-12(13)20/h5-8,12-13H,1-4,20H2,(H2,21,27)(H2,22,23,24)/t12-,13?/m0/s1. The molecule has 1 aliphatic rings. The lowest BCUT2D eigenvalue weighted by molar-refractivity contribution is 0.100. The minimum absolute atomic E-state index is 0.0347. The summed E-state index contributed by atoms with van der Waals surface area (Å²) in [6, 6.07) is 6.32. The molecule has 3 aromatic rings. The number of nitrogens with one attached hydrogen (secondary N) is 2. The molecule has 28 heavy (non-hydrogen) atoms. The number of carbonyl (C=O) groups excluding carboxylic acids is 1. The molecule has 2 atom stereocenters. The molecule has 2 aromatic heterocycles. The van der Waals surface area contributed by atoms with Crippen molar-refractivity contribution < 1.29 is 9.18 Å². The smallest absolute Gasteiger partial charge is 0.252 e. The van der Waals surface area contributed by atoms with Crippen LogP contribution >= 0.6 is 11.7 Å². The van der Waals surface area contributed by atoms with Gasteiger partial charge in [0.05, 0.1) is 17.3 Å². The molecular weight excluding hydrogens is 381 g/mol. The second kappa shape index (κ2) is 7.64. The van der Waals surface area contributed by atoms with E-state index in [9.17, 15) is 9.18 Å². The summed E-state index contributed by atoms with van der Waals surface area (Å²) < 4.78 is 22.9. The fourth-order valence-electron chi connectivity index (χ4n) is 3.38. The Morgan fingerprint density at radius 2 is 1.93 bits per heavy atom. The van der Waals surface area contributed by atoms with Gasteiger partial charge in [0.1, 0.15) is 16.9 Å². The molecule has 1 aromatic carbocycles. The zero-order chi connectivity index (χ0) is 19.7. The van der Waals surface area contributed by atoms with Crippen molar-refractivity contribution in [2.24, 2.45) is 11.5 Å². The molecule has 2 heterocycles. The minimum Gasteiger partial charge on any atom is -0.365 e. The average molecular weight is 401 g/mol. The van der Waals surface area contributed by atoms with Gasteiger partial charge in [-0.15, -0.1) is 0 Å². The number of fused-ring (bicyclic) bond motifs is 1. The summed E-state index contributed by atoms with van der Waals surface area (Å²) in [5.74, 6) is -1.20. The predicted molar refractivity (Wildman–Crippen MR) is 107 cm³/mol. The first-order chi connectivity index (χ1) is 13.5. The molecule has 1 unspecified atom stereocenters. The Morgan fingerprint density at radius 1 is 1.14 bits per heavy atom. The van der Waals surface area contributed by atoms with Crippen LogP contribution in [0.4, 0.5) is 21.7 Å². The molecule has 0 bridgehead atoms. The fourth-order valence-corrected chi connectivity index (χ4v) is 3.90. The van der Waals surface area contributed by atoms with Gasteiger partial charge < -0.3 is 22.1 Å². The number of nitrogens with two attached hydrogens (primary N) is 2. The Bertz CT molecular complexity index is 1020. The van der Waals surface area contributed by atoms with Crippen LogP contribution in [0, 0.1) is 5.82 Å². The molecular formula is C18H20FN7OS. The molecule has 0 radical (unpaired) electrons. The third-order valence-electron chi connectivity index (χ3n) is 4.90. The van der Waals surface area contributed by atoms with Gasteiger partial charge >= 0.3 is 0 Å². The van der Waals surface area contributed by atoms with E-state index in [1.54, 1.807) is 18.2 Å². The molecule has 10 heteroatoms. The second-order valence-electron chi connectivity index (χ2n) is 6.87. The summed E-state index contributed by atoms with van der Waals surface area (Å²) in [6.45, 7) is 0. The van der Waals surface area contributed by atoms with Crippen molar-refractivity contribution in [1.29, 1.82) is 0 Å². The number of pyridine rings is 1. The quantitative estimate of drug-likeness (QED) is 0.517. The third kappa shape index (κ3) is 3.73. The maximum atomic E-state index is 14.6. The average Bonchev–Trinajstić information content (AvgIpc) is 3.13. The van der Waals surface area contributed by atoms with Crippen molar-refractivity contribution in [3.8, 4) is 0 Å². The summed E-state index contributed by atoms with van der Waals surface area (Å²) in [6.07, 6.45) is 3.82. The summed E-state index contributed by atoms with van der Waals surface area (Å²) in [7, 11) is 0. The van der Waals surface area contributed by atoms with Gasteiger partial charge in [-0.1, -0.05) is 12.8 Å². The summed E-state index contributed by atoms with van der Waals surface area (Å²) >= 11 is 1.11. The monoisotopic (exact) mass is 401 g/mol. The highest BCUT2D eigenvalue weighted by atomic mass is 32.1. The Balaban J connectivity index is 1.66. The minimum atomic E-state index is -0.772. The molecule has 1 amide bonds. The van der Waals surface area contributed by atoms with Crippen LogP contribution in [0.15, 0.2) is 24.3 Å². The summed E-state index contributed by atoms with van der Waals surface area (Å²) in [5, 5.41) is 6.13. The maximum absolute atomic E-state index is 14.6. The van der Waals surface area contributed by atoms with Gasteiger partial charge in [0.2, 0.25) is 0 Å². The largest absolute Gasteiger partial charge is 0.365 e. The van der Waals surface area contributed by atoms with E-state index in [2.05, 4.69) is 24.4 Å². The van der Waals surface area contributed by atoms with E-state index in [0.717, 1.165) is 49.0 Å². The van der Waals surface area contributed by atoms with Crippen molar-refractivity contribution in [3.63, 3.8) is 0 Å². The number of hydrogen-bond donors (Lipinski definition) is 4. The highest BCUT2D eigenvalue weighted by Crippen LogP contribution is 2.27. The molecule has 0 spiro atoms. The van der Waals surface area contributed by atoms with Crippen molar-refractivity contribution in [2.45, 2.75) is 37.8 Å². The van der Waals surface area contributed by atoms with E-state index in [1.807, 2.05) is 0 Å². The Morgan fingerprint density at radius 3 is 2.71 bits per heavy atom. The van der Waals surface area contributed by atoms with Crippen molar-refractivity contribution in [3.05, 3.63) is 35.6 Å². The highest BCUT2D eigenvalue weighted by Gasteiger charge is 2.24. The van der Waals surface area contributed by atoms with E-state index < -0.39 is 11.7 Å². The van der Waals surface area contributed by atoms with E-state index in [-0.39, 0.29) is 29.3 Å². The van der Waals surface area contributed by atoms with Crippen LogP contribution in [0.2, 0.25) is 0 Å². The van der Waals surface area contributed by atoms with E-state index in [1.165, 1.54) is 0 Å². The van der Waals surface area contributed by atoms with Crippen LogP contribution in [0.1, 0.15) is 36.0 Å². The van der Waals surface area contributed by atoms with Gasteiger partial charge in [0.15, 0.2) is 11.6 Å². The number of carbonyl (C=O) groups is 1. The fraction of sp³-hybridized carbons (Fsp3) is 0.333. The van der Waals surface area contributed by atoms with Gasteiger partial charge in [-0.2, -0.15) is 8.75 Å². The van der Waals surface area contributed by atoms with Crippen LogP contribution in [-0.4, -0.2) is 31.7 Å². The molecule has 1 aliphatic carbocycles. The molecule has 0 aliphatic heterocycles. The number of nitrogens with zero attached hydrogens (tertiary/aromatic N) is 3. The van der Waals surface area contributed by atoms with Crippen LogP contribution < -0.4 is 22.1 Å². The SMILES string of the molecule is NC(=O)c1cc(F)c(NC2CCCC[C@@H]2N)nc1Nc1ccc2nsnc2c1. The molecule has 4 rings (SSSR count). The zero-order valence-corrected chi connectivity index (χ0v) is 15.8. The Labute approximate surface area is 164 Å². The lowest BCUT2D eigenvalue weighted by Crippen LogP contribution is -2.43. The molecule has 146 valence electrons. The van der Waals surface area contributed by atoms with E-state index in [4.69, 9.17) is 11.5 Å². The van der Waals surface area contributed by atoms with Crippen molar-refractivity contribution in [2.75, 3.05) is 10.6 Å². The zero-order valence-electron chi connectivity index (χ0n) is 15.0. The van der Waals surface area contributed by atoms with Gasteiger partial charge in [-0.05, 0) is 37.1 Å². The Kier molecular flexibility index (Phi) is 5.05. The van der Waals surface area contributed by atoms with Gasteiger partial charge in [-0.25, -0.2) is 9.37 Å².